The number of carbonyl (C=O) groups is 1. The van der Waals surface area contributed by atoms with Crippen LogP contribution in [0, 0.1) is 6.92 Å². The van der Waals surface area contributed by atoms with E-state index in [9.17, 15) is 4.79 Å². The predicted molar refractivity (Wildman–Crippen MR) is 83.6 cm³/mol. The standard InChI is InChI=1S/C15H16N4OS/c1-10-8-16-14(21-10)5-6-19(2)15(20)11-3-4-12-13(7-11)18-9-17-12/h3-4,7-9H,5-6H2,1-2H3,(H,17,18). The summed E-state index contributed by atoms with van der Waals surface area (Å²) in [5.74, 6) is 0.0137. The van der Waals surface area contributed by atoms with Crippen LogP contribution in [0.5, 0.6) is 0 Å². The molecule has 5 nitrogen and oxygen atoms in total. The summed E-state index contributed by atoms with van der Waals surface area (Å²) >= 11 is 1.68. The van der Waals surface area contributed by atoms with Gasteiger partial charge in [0.05, 0.1) is 22.4 Å². The number of benzene rings is 1. The number of aromatic nitrogens is 3. The summed E-state index contributed by atoms with van der Waals surface area (Å²) in [6.07, 6.45) is 4.29. The molecule has 6 heteroatoms. The second-order valence-corrected chi connectivity index (χ2v) is 6.30. The van der Waals surface area contributed by atoms with Gasteiger partial charge in [-0.2, -0.15) is 0 Å². The first-order valence-corrected chi connectivity index (χ1v) is 7.55. The minimum Gasteiger partial charge on any atom is -0.345 e. The summed E-state index contributed by atoms with van der Waals surface area (Å²) in [7, 11) is 1.82. The fourth-order valence-corrected chi connectivity index (χ4v) is 2.95. The van der Waals surface area contributed by atoms with E-state index in [-0.39, 0.29) is 5.91 Å². The van der Waals surface area contributed by atoms with Crippen molar-refractivity contribution >= 4 is 28.3 Å². The molecule has 21 heavy (non-hydrogen) atoms. The number of aromatic amines is 1. The number of aryl methyl sites for hydroxylation is 1. The number of fused-ring (bicyclic) bond motifs is 1. The van der Waals surface area contributed by atoms with Crippen LogP contribution in [-0.2, 0) is 6.42 Å². The molecule has 3 aromatic rings. The van der Waals surface area contributed by atoms with Gasteiger partial charge in [-0.15, -0.1) is 11.3 Å². The van der Waals surface area contributed by atoms with Gasteiger partial charge in [-0.25, -0.2) is 9.97 Å². The van der Waals surface area contributed by atoms with Crippen molar-refractivity contribution in [3.8, 4) is 0 Å². The number of thiazole rings is 1. The van der Waals surface area contributed by atoms with Crippen molar-refractivity contribution in [3.63, 3.8) is 0 Å². The Kier molecular flexibility index (Phi) is 3.70. The van der Waals surface area contributed by atoms with Crippen molar-refractivity contribution in [2.45, 2.75) is 13.3 Å². The zero-order valence-electron chi connectivity index (χ0n) is 12.0. The molecule has 2 heterocycles. The van der Waals surface area contributed by atoms with Gasteiger partial charge in [-0.05, 0) is 25.1 Å². The monoisotopic (exact) mass is 300 g/mol. The van der Waals surface area contributed by atoms with Crippen LogP contribution < -0.4 is 0 Å². The van der Waals surface area contributed by atoms with Crippen molar-refractivity contribution < 1.29 is 4.79 Å². The van der Waals surface area contributed by atoms with E-state index in [2.05, 4.69) is 15.0 Å². The molecule has 0 unspecified atom stereocenters. The lowest BCUT2D eigenvalue weighted by atomic mass is 10.1. The maximum atomic E-state index is 12.4. The van der Waals surface area contributed by atoms with Crippen molar-refractivity contribution in [2.75, 3.05) is 13.6 Å². The van der Waals surface area contributed by atoms with Gasteiger partial charge in [0.2, 0.25) is 0 Å². The molecule has 0 spiro atoms. The third-order valence-corrected chi connectivity index (χ3v) is 4.32. The lowest BCUT2D eigenvalue weighted by molar-refractivity contribution is 0.0797. The minimum atomic E-state index is 0.0137. The van der Waals surface area contributed by atoms with E-state index in [0.717, 1.165) is 22.5 Å². The van der Waals surface area contributed by atoms with Crippen LogP contribution in [0.3, 0.4) is 0 Å². The number of nitrogens with zero attached hydrogens (tertiary/aromatic N) is 3. The lowest BCUT2D eigenvalue weighted by Crippen LogP contribution is -2.28. The van der Waals surface area contributed by atoms with E-state index in [1.165, 1.54) is 4.88 Å². The van der Waals surface area contributed by atoms with E-state index in [1.807, 2.05) is 38.4 Å². The predicted octanol–water partition coefficient (Wildman–Crippen LogP) is 2.64. The second kappa shape index (κ2) is 5.65. The van der Waals surface area contributed by atoms with Crippen molar-refractivity contribution in [3.05, 3.63) is 46.2 Å². The van der Waals surface area contributed by atoms with Crippen LogP contribution in [0.2, 0.25) is 0 Å². The molecule has 0 bridgehead atoms. The highest BCUT2D eigenvalue weighted by atomic mass is 32.1. The third-order valence-electron chi connectivity index (χ3n) is 3.34. The number of imidazole rings is 1. The molecule has 0 saturated heterocycles. The molecule has 1 aromatic carbocycles. The molecule has 1 N–H and O–H groups in total. The van der Waals surface area contributed by atoms with E-state index in [4.69, 9.17) is 0 Å². The van der Waals surface area contributed by atoms with Gasteiger partial charge in [0.1, 0.15) is 0 Å². The molecule has 108 valence electrons. The summed E-state index contributed by atoms with van der Waals surface area (Å²) in [6.45, 7) is 2.70. The molecule has 2 aromatic heterocycles. The summed E-state index contributed by atoms with van der Waals surface area (Å²) < 4.78 is 0. The van der Waals surface area contributed by atoms with Gasteiger partial charge < -0.3 is 9.88 Å². The number of carbonyl (C=O) groups excluding carboxylic acids is 1. The normalized spacial score (nSPS) is 11.0. The molecule has 3 rings (SSSR count). The third kappa shape index (κ3) is 2.95. The molecular formula is C15H16N4OS. The summed E-state index contributed by atoms with van der Waals surface area (Å²) in [6, 6.07) is 5.52. The van der Waals surface area contributed by atoms with Gasteiger partial charge in [0.15, 0.2) is 0 Å². The first kappa shape index (κ1) is 13.8. The first-order valence-electron chi connectivity index (χ1n) is 6.73. The Hall–Kier alpha value is -2.21. The minimum absolute atomic E-state index is 0.0137. The van der Waals surface area contributed by atoms with Gasteiger partial charge >= 0.3 is 0 Å². The van der Waals surface area contributed by atoms with E-state index >= 15 is 0 Å². The van der Waals surface area contributed by atoms with E-state index in [1.54, 1.807) is 22.6 Å². The van der Waals surface area contributed by atoms with Crippen LogP contribution in [0.25, 0.3) is 11.0 Å². The van der Waals surface area contributed by atoms with Crippen molar-refractivity contribution in [1.82, 2.24) is 19.9 Å². The van der Waals surface area contributed by atoms with Crippen molar-refractivity contribution in [1.29, 1.82) is 0 Å². The Labute approximate surface area is 126 Å². The Morgan fingerprint density at radius 1 is 1.38 bits per heavy atom. The van der Waals surface area contributed by atoms with Crippen LogP contribution in [0.4, 0.5) is 0 Å². The number of nitrogens with one attached hydrogen (secondary N) is 1. The topological polar surface area (TPSA) is 61.9 Å². The number of hydrogen-bond donors (Lipinski definition) is 1. The Balaban J connectivity index is 1.68. The highest BCUT2D eigenvalue weighted by molar-refractivity contribution is 7.11. The SMILES string of the molecule is Cc1cnc(CCN(C)C(=O)c2ccc3nc[nH]c3c2)s1. The number of rotatable bonds is 4. The Morgan fingerprint density at radius 3 is 3.00 bits per heavy atom. The molecule has 0 saturated carbocycles. The summed E-state index contributed by atoms with van der Waals surface area (Å²) in [5, 5.41) is 1.07. The number of likely N-dealkylation sites (N-methyl/N-ethyl adjacent to an activating group) is 1. The highest BCUT2D eigenvalue weighted by Crippen LogP contribution is 2.15. The summed E-state index contributed by atoms with van der Waals surface area (Å²) in [4.78, 5) is 26.8. The average molecular weight is 300 g/mol. The Morgan fingerprint density at radius 2 is 2.24 bits per heavy atom. The zero-order chi connectivity index (χ0) is 14.8. The smallest absolute Gasteiger partial charge is 0.253 e. The molecule has 0 aliphatic heterocycles. The van der Waals surface area contributed by atoms with Gasteiger partial charge in [-0.3, -0.25) is 4.79 Å². The number of H-pyrrole nitrogens is 1. The molecule has 1 amide bonds. The second-order valence-electron chi connectivity index (χ2n) is 4.98. The maximum Gasteiger partial charge on any atom is 0.253 e. The van der Waals surface area contributed by atoms with Gasteiger partial charge in [0.25, 0.3) is 5.91 Å². The van der Waals surface area contributed by atoms with Crippen LogP contribution in [0.15, 0.2) is 30.7 Å². The maximum absolute atomic E-state index is 12.4. The van der Waals surface area contributed by atoms with Crippen LogP contribution in [-0.4, -0.2) is 39.4 Å². The number of hydrogen-bond acceptors (Lipinski definition) is 4. The van der Waals surface area contributed by atoms with Crippen LogP contribution >= 0.6 is 11.3 Å². The van der Waals surface area contributed by atoms with E-state index in [0.29, 0.717) is 12.1 Å². The largest absolute Gasteiger partial charge is 0.345 e. The molecule has 0 atom stereocenters. The molecule has 0 fully saturated rings. The molecule has 0 aliphatic rings. The highest BCUT2D eigenvalue weighted by Gasteiger charge is 2.13. The summed E-state index contributed by atoms with van der Waals surface area (Å²) in [5.41, 5.74) is 2.42. The lowest BCUT2D eigenvalue weighted by Gasteiger charge is -2.16. The molecule has 0 aliphatic carbocycles. The van der Waals surface area contributed by atoms with E-state index < -0.39 is 0 Å². The van der Waals surface area contributed by atoms with Gasteiger partial charge in [-0.1, -0.05) is 0 Å². The molecule has 0 radical (unpaired) electrons. The van der Waals surface area contributed by atoms with Gasteiger partial charge in [0, 0.05) is 36.7 Å². The number of amides is 1. The van der Waals surface area contributed by atoms with Crippen molar-refractivity contribution in [2.24, 2.45) is 0 Å². The quantitative estimate of drug-likeness (QED) is 0.805. The Bertz CT molecular complexity index is 777. The first-order chi connectivity index (χ1) is 10.1. The molecular weight excluding hydrogens is 284 g/mol. The zero-order valence-corrected chi connectivity index (χ0v) is 12.8. The fourth-order valence-electron chi connectivity index (χ4n) is 2.17. The fraction of sp³-hybridized carbons (Fsp3) is 0.267. The van der Waals surface area contributed by atoms with Crippen LogP contribution in [0.1, 0.15) is 20.2 Å². The average Bonchev–Trinajstić information content (AvgIpc) is 3.11.